The Morgan fingerprint density at radius 3 is 2.27 bits per heavy atom. The fourth-order valence-corrected chi connectivity index (χ4v) is 2.49. The van der Waals surface area contributed by atoms with Crippen LogP contribution in [0.15, 0.2) is 0 Å². The number of ether oxygens (including phenoxy) is 2. The van der Waals surface area contributed by atoms with Gasteiger partial charge in [0.25, 0.3) is 0 Å². The standard InChI is InChI=1S/C11H21NO3/c1-12-7-6-10(13)2-4-11(5-3-10)14-8-9-15-11/h12-13H,2-9H2,1H3. The van der Waals surface area contributed by atoms with Gasteiger partial charge in [-0.2, -0.15) is 0 Å². The molecule has 0 aromatic carbocycles. The van der Waals surface area contributed by atoms with Gasteiger partial charge in [0.15, 0.2) is 5.79 Å². The molecule has 0 aromatic heterocycles. The van der Waals surface area contributed by atoms with Gasteiger partial charge in [-0.25, -0.2) is 0 Å². The average Bonchev–Trinajstić information content (AvgIpc) is 2.70. The van der Waals surface area contributed by atoms with Crippen LogP contribution in [-0.4, -0.2) is 43.3 Å². The minimum Gasteiger partial charge on any atom is -0.390 e. The maximum absolute atomic E-state index is 10.3. The van der Waals surface area contributed by atoms with Gasteiger partial charge in [0.1, 0.15) is 0 Å². The molecule has 1 aliphatic carbocycles. The van der Waals surface area contributed by atoms with Crippen LogP contribution in [0.5, 0.6) is 0 Å². The average molecular weight is 215 g/mol. The highest BCUT2D eigenvalue weighted by Gasteiger charge is 2.45. The van der Waals surface area contributed by atoms with Gasteiger partial charge in [-0.15, -0.1) is 0 Å². The van der Waals surface area contributed by atoms with E-state index < -0.39 is 5.60 Å². The lowest BCUT2D eigenvalue weighted by Crippen LogP contribution is -2.44. The van der Waals surface area contributed by atoms with Crippen molar-refractivity contribution >= 4 is 0 Å². The van der Waals surface area contributed by atoms with Crippen LogP contribution in [0.2, 0.25) is 0 Å². The van der Waals surface area contributed by atoms with Crippen molar-refractivity contribution in [2.75, 3.05) is 26.8 Å². The van der Waals surface area contributed by atoms with Crippen molar-refractivity contribution in [3.8, 4) is 0 Å². The van der Waals surface area contributed by atoms with E-state index in [0.717, 1.165) is 38.6 Å². The third-order valence-electron chi connectivity index (χ3n) is 3.60. The summed E-state index contributed by atoms with van der Waals surface area (Å²) in [7, 11) is 1.91. The molecule has 0 aromatic rings. The van der Waals surface area contributed by atoms with Crippen LogP contribution in [0.4, 0.5) is 0 Å². The van der Waals surface area contributed by atoms with Crippen molar-refractivity contribution in [3.05, 3.63) is 0 Å². The summed E-state index contributed by atoms with van der Waals surface area (Å²) in [5, 5.41) is 13.4. The molecule has 2 fully saturated rings. The number of aliphatic hydroxyl groups is 1. The molecule has 0 radical (unpaired) electrons. The number of hydrogen-bond acceptors (Lipinski definition) is 4. The van der Waals surface area contributed by atoms with Crippen molar-refractivity contribution < 1.29 is 14.6 Å². The molecule has 2 rings (SSSR count). The zero-order valence-electron chi connectivity index (χ0n) is 9.42. The fraction of sp³-hybridized carbons (Fsp3) is 1.00. The molecule has 0 unspecified atom stereocenters. The Balaban J connectivity index is 1.85. The summed E-state index contributed by atoms with van der Waals surface area (Å²) in [6.07, 6.45) is 4.05. The molecule has 2 N–H and O–H groups in total. The number of nitrogens with one attached hydrogen (secondary N) is 1. The van der Waals surface area contributed by atoms with Gasteiger partial charge in [0.2, 0.25) is 0 Å². The first kappa shape index (κ1) is 11.3. The molecule has 1 spiro atoms. The molecular weight excluding hydrogens is 194 g/mol. The molecule has 1 saturated carbocycles. The van der Waals surface area contributed by atoms with Crippen LogP contribution < -0.4 is 5.32 Å². The van der Waals surface area contributed by atoms with Gasteiger partial charge in [0, 0.05) is 12.8 Å². The normalized spacial score (nSPS) is 28.4. The van der Waals surface area contributed by atoms with E-state index in [1.165, 1.54) is 0 Å². The zero-order chi connectivity index (χ0) is 10.8. The molecule has 15 heavy (non-hydrogen) atoms. The lowest BCUT2D eigenvalue weighted by atomic mass is 9.79. The predicted octanol–water partition coefficient (Wildman–Crippen LogP) is 0.644. The Morgan fingerprint density at radius 1 is 1.13 bits per heavy atom. The van der Waals surface area contributed by atoms with Gasteiger partial charge >= 0.3 is 0 Å². The second-order valence-electron chi connectivity index (χ2n) is 4.69. The first-order valence-corrected chi connectivity index (χ1v) is 5.83. The van der Waals surface area contributed by atoms with Crippen molar-refractivity contribution in [2.24, 2.45) is 0 Å². The summed E-state index contributed by atoms with van der Waals surface area (Å²) in [6, 6.07) is 0. The van der Waals surface area contributed by atoms with Crippen LogP contribution in [0.3, 0.4) is 0 Å². The van der Waals surface area contributed by atoms with Crippen LogP contribution in [-0.2, 0) is 9.47 Å². The minimum atomic E-state index is -0.510. The molecular formula is C11H21NO3. The Hall–Kier alpha value is -0.160. The smallest absolute Gasteiger partial charge is 0.168 e. The molecule has 1 heterocycles. The molecule has 4 heteroatoms. The molecule has 2 aliphatic rings. The van der Waals surface area contributed by atoms with E-state index in [9.17, 15) is 5.11 Å². The van der Waals surface area contributed by atoms with Gasteiger partial charge in [-0.1, -0.05) is 0 Å². The highest BCUT2D eigenvalue weighted by Crippen LogP contribution is 2.41. The zero-order valence-corrected chi connectivity index (χ0v) is 9.42. The Labute approximate surface area is 90.9 Å². The Morgan fingerprint density at radius 2 is 1.73 bits per heavy atom. The molecule has 0 bridgehead atoms. The van der Waals surface area contributed by atoms with E-state index in [4.69, 9.17) is 9.47 Å². The molecule has 0 amide bonds. The fourth-order valence-electron chi connectivity index (χ4n) is 2.49. The highest BCUT2D eigenvalue weighted by molar-refractivity contribution is 4.91. The second kappa shape index (κ2) is 4.37. The number of hydrogen-bond donors (Lipinski definition) is 2. The van der Waals surface area contributed by atoms with Gasteiger partial charge in [-0.3, -0.25) is 0 Å². The monoisotopic (exact) mass is 215 g/mol. The summed E-state index contributed by atoms with van der Waals surface area (Å²) in [4.78, 5) is 0. The molecule has 4 nitrogen and oxygen atoms in total. The topological polar surface area (TPSA) is 50.7 Å². The molecule has 0 atom stereocenters. The third kappa shape index (κ3) is 2.50. The van der Waals surface area contributed by atoms with Crippen LogP contribution in [0, 0.1) is 0 Å². The molecule has 88 valence electrons. The third-order valence-corrected chi connectivity index (χ3v) is 3.60. The molecule has 1 aliphatic heterocycles. The highest BCUT2D eigenvalue weighted by atomic mass is 16.7. The Kier molecular flexibility index (Phi) is 3.30. The van der Waals surface area contributed by atoms with Crippen molar-refractivity contribution in [1.29, 1.82) is 0 Å². The molecule has 1 saturated heterocycles. The second-order valence-corrected chi connectivity index (χ2v) is 4.69. The van der Waals surface area contributed by atoms with Crippen molar-refractivity contribution in [1.82, 2.24) is 5.32 Å². The predicted molar refractivity (Wildman–Crippen MR) is 56.6 cm³/mol. The van der Waals surface area contributed by atoms with E-state index in [2.05, 4.69) is 5.32 Å². The lowest BCUT2D eigenvalue weighted by Gasteiger charge is -2.40. The maximum atomic E-state index is 10.3. The SMILES string of the molecule is CNCCC1(O)CCC2(CC1)OCCO2. The largest absolute Gasteiger partial charge is 0.390 e. The van der Waals surface area contributed by atoms with E-state index >= 15 is 0 Å². The summed E-state index contributed by atoms with van der Waals surface area (Å²) in [6.45, 7) is 2.27. The van der Waals surface area contributed by atoms with Crippen molar-refractivity contribution in [2.45, 2.75) is 43.5 Å². The summed E-state index contributed by atoms with van der Waals surface area (Å²) in [5.74, 6) is -0.355. The summed E-state index contributed by atoms with van der Waals surface area (Å²) < 4.78 is 11.3. The van der Waals surface area contributed by atoms with Gasteiger partial charge < -0.3 is 19.9 Å². The van der Waals surface area contributed by atoms with Crippen LogP contribution in [0.1, 0.15) is 32.1 Å². The van der Waals surface area contributed by atoms with E-state index in [-0.39, 0.29) is 5.79 Å². The van der Waals surface area contributed by atoms with Crippen LogP contribution >= 0.6 is 0 Å². The minimum absolute atomic E-state index is 0.355. The summed E-state index contributed by atoms with van der Waals surface area (Å²) in [5.41, 5.74) is -0.510. The van der Waals surface area contributed by atoms with E-state index in [0.29, 0.717) is 13.2 Å². The van der Waals surface area contributed by atoms with Crippen LogP contribution in [0.25, 0.3) is 0 Å². The maximum Gasteiger partial charge on any atom is 0.168 e. The first-order chi connectivity index (χ1) is 7.18. The quantitative estimate of drug-likeness (QED) is 0.725. The summed E-state index contributed by atoms with van der Waals surface area (Å²) >= 11 is 0. The first-order valence-electron chi connectivity index (χ1n) is 5.83. The lowest BCUT2D eigenvalue weighted by molar-refractivity contribution is -0.203. The van der Waals surface area contributed by atoms with Gasteiger partial charge in [0.05, 0.1) is 18.8 Å². The van der Waals surface area contributed by atoms with Crippen molar-refractivity contribution in [3.63, 3.8) is 0 Å². The number of rotatable bonds is 3. The van der Waals surface area contributed by atoms with E-state index in [1.54, 1.807) is 0 Å². The van der Waals surface area contributed by atoms with E-state index in [1.807, 2.05) is 7.05 Å². The Bertz CT molecular complexity index is 204. The van der Waals surface area contributed by atoms with Gasteiger partial charge in [-0.05, 0) is 32.9 Å².